The number of piperidine rings is 1. The number of nitrogens with zero attached hydrogens (tertiary/aromatic N) is 2. The van der Waals surface area contributed by atoms with E-state index < -0.39 is 60.9 Å². The number of fused-ring (bicyclic) bond motifs is 1. The highest BCUT2D eigenvalue weighted by atomic mass is 19.1. The molecular formula is C25H27FN4O4. The predicted molar refractivity (Wildman–Crippen MR) is 122 cm³/mol. The van der Waals surface area contributed by atoms with Crippen molar-refractivity contribution in [3.63, 3.8) is 0 Å². The van der Waals surface area contributed by atoms with Crippen molar-refractivity contribution in [2.45, 2.75) is 38.4 Å². The van der Waals surface area contributed by atoms with E-state index in [-0.39, 0.29) is 47.1 Å². The van der Waals surface area contributed by atoms with Gasteiger partial charge in [-0.25, -0.2) is 4.39 Å². The van der Waals surface area contributed by atoms with E-state index in [0.717, 1.165) is 0 Å². The van der Waals surface area contributed by atoms with E-state index >= 15 is 4.39 Å². The Morgan fingerprint density at radius 3 is 2.91 bits per heavy atom. The molecule has 34 heavy (non-hydrogen) atoms. The highest BCUT2D eigenvalue weighted by Crippen LogP contribution is 2.32. The number of hydrogen-bond acceptors (Lipinski definition) is 6. The minimum atomic E-state index is -3.42. The van der Waals surface area contributed by atoms with Crippen molar-refractivity contribution in [3.05, 3.63) is 64.4 Å². The third-order valence-electron chi connectivity index (χ3n) is 5.81. The Morgan fingerprint density at radius 1 is 1.26 bits per heavy atom. The zero-order valence-corrected chi connectivity index (χ0v) is 18.1. The van der Waals surface area contributed by atoms with Gasteiger partial charge in [-0.1, -0.05) is 18.2 Å². The first-order chi connectivity index (χ1) is 19.6. The molecule has 5 rings (SSSR count). The molecule has 3 heterocycles. The molecule has 0 aliphatic carbocycles. The van der Waals surface area contributed by atoms with Crippen LogP contribution >= 0.6 is 0 Å². The zero-order valence-electron chi connectivity index (χ0n) is 26.1. The van der Waals surface area contributed by atoms with Crippen LogP contribution in [0.1, 0.15) is 50.8 Å². The molecule has 3 amide bonds. The van der Waals surface area contributed by atoms with Gasteiger partial charge in [-0.15, -0.1) is 0 Å². The van der Waals surface area contributed by atoms with Gasteiger partial charge in [0.25, 0.3) is 5.91 Å². The fourth-order valence-electron chi connectivity index (χ4n) is 4.05. The van der Waals surface area contributed by atoms with Crippen LogP contribution in [-0.4, -0.2) is 59.8 Å². The number of hydrogen-bond donors (Lipinski definition) is 2. The number of nitrogens with one attached hydrogen (secondary N) is 2. The van der Waals surface area contributed by atoms with Gasteiger partial charge in [0.2, 0.25) is 11.8 Å². The Hall–Kier alpha value is -3.30. The molecule has 0 saturated carbocycles. The van der Waals surface area contributed by atoms with Crippen molar-refractivity contribution >= 4 is 23.4 Å². The summed E-state index contributed by atoms with van der Waals surface area (Å²) in [5.41, 5.74) is 0.230. The predicted octanol–water partition coefficient (Wildman–Crippen LogP) is 2.03. The standard InChI is InChI=1S/C25H27FN4O4/c26-20-12-16(14-29-8-10-34-11-9-29)4-5-17(20)13-27-21-3-1-2-18-19(21)15-30(25(18)33)22-6-7-23(31)28-24(22)32/h1-5,12,22,27H,6-11,13-15H2,(H,28,31,32)/t22-/m1/s1/i4D,5D,6D2,7D2,12D,22D. The van der Waals surface area contributed by atoms with Crippen LogP contribution < -0.4 is 10.6 Å². The van der Waals surface area contributed by atoms with Gasteiger partial charge in [-0.3, -0.25) is 24.6 Å². The molecule has 9 heteroatoms. The molecule has 3 aliphatic heterocycles. The molecule has 0 aromatic heterocycles. The average Bonchev–Trinajstić information content (AvgIpc) is 3.30. The van der Waals surface area contributed by atoms with Crippen molar-refractivity contribution in [2.24, 2.45) is 0 Å². The van der Waals surface area contributed by atoms with Crippen LogP contribution in [0.15, 0.2) is 36.3 Å². The summed E-state index contributed by atoms with van der Waals surface area (Å²) in [6, 6.07) is -0.0137. The topological polar surface area (TPSA) is 91.0 Å². The van der Waals surface area contributed by atoms with E-state index in [1.807, 2.05) is 4.90 Å². The quantitative estimate of drug-likeness (QED) is 0.623. The first-order valence-corrected chi connectivity index (χ1v) is 10.7. The highest BCUT2D eigenvalue weighted by molar-refractivity contribution is 6.06. The van der Waals surface area contributed by atoms with Gasteiger partial charge in [0, 0.05) is 67.0 Å². The zero-order chi connectivity index (χ0) is 30.8. The summed E-state index contributed by atoms with van der Waals surface area (Å²) in [7, 11) is 0. The van der Waals surface area contributed by atoms with Crippen LogP contribution in [0.4, 0.5) is 10.1 Å². The maximum Gasteiger partial charge on any atom is 0.255 e. The molecule has 2 saturated heterocycles. The van der Waals surface area contributed by atoms with Gasteiger partial charge in [0.1, 0.15) is 11.8 Å². The number of anilines is 1. The Bertz CT molecular complexity index is 1470. The third-order valence-corrected chi connectivity index (χ3v) is 5.81. The lowest BCUT2D eigenvalue weighted by atomic mass is 10.0. The normalized spacial score (nSPS) is 29.4. The molecule has 0 radical (unpaired) electrons. The first kappa shape index (κ1) is 14.9. The van der Waals surface area contributed by atoms with E-state index in [2.05, 4.69) is 5.32 Å². The van der Waals surface area contributed by atoms with E-state index in [0.29, 0.717) is 31.2 Å². The molecule has 2 aromatic rings. The molecule has 2 N–H and O–H groups in total. The van der Waals surface area contributed by atoms with Gasteiger partial charge >= 0.3 is 0 Å². The summed E-state index contributed by atoms with van der Waals surface area (Å²) < 4.78 is 86.8. The molecule has 3 aliphatic rings. The first-order valence-electron chi connectivity index (χ1n) is 14.7. The van der Waals surface area contributed by atoms with E-state index in [4.69, 9.17) is 15.7 Å². The van der Waals surface area contributed by atoms with Crippen LogP contribution in [-0.2, 0) is 34.0 Å². The van der Waals surface area contributed by atoms with Gasteiger partial charge in [0.05, 0.1) is 18.7 Å². The van der Waals surface area contributed by atoms with Gasteiger partial charge in [-0.05, 0) is 30.1 Å². The van der Waals surface area contributed by atoms with Crippen molar-refractivity contribution in [2.75, 3.05) is 31.6 Å². The maximum atomic E-state index is 15.4. The van der Waals surface area contributed by atoms with Crippen LogP contribution in [0.5, 0.6) is 0 Å². The minimum Gasteiger partial charge on any atom is -0.381 e. The van der Waals surface area contributed by atoms with Gasteiger partial charge in [-0.2, -0.15) is 0 Å². The Morgan fingerprint density at radius 2 is 2.09 bits per heavy atom. The van der Waals surface area contributed by atoms with Crippen molar-refractivity contribution in [1.82, 2.24) is 15.1 Å². The van der Waals surface area contributed by atoms with Crippen LogP contribution in [0.2, 0.25) is 0 Å². The summed E-state index contributed by atoms with van der Waals surface area (Å²) in [5, 5.41) is 4.55. The van der Waals surface area contributed by atoms with E-state index in [1.165, 1.54) is 18.2 Å². The highest BCUT2D eigenvalue weighted by Gasteiger charge is 2.39. The number of benzene rings is 2. The number of morpholine rings is 1. The lowest BCUT2D eigenvalue weighted by Gasteiger charge is -2.29. The smallest absolute Gasteiger partial charge is 0.255 e. The van der Waals surface area contributed by atoms with Crippen molar-refractivity contribution in [3.8, 4) is 0 Å². The van der Waals surface area contributed by atoms with Crippen molar-refractivity contribution < 1.29 is 34.5 Å². The Labute approximate surface area is 208 Å². The molecule has 0 unspecified atom stereocenters. The number of ether oxygens (including phenoxy) is 1. The van der Waals surface area contributed by atoms with E-state index in [1.54, 1.807) is 5.32 Å². The van der Waals surface area contributed by atoms with Gasteiger partial charge < -0.3 is 15.0 Å². The molecule has 0 spiro atoms. The monoisotopic (exact) mass is 474 g/mol. The SMILES string of the molecule is [2H]c1c([2H])c(CNc2cccc3c2CN([C@@]2([2H])C(=O)NC(=O)C([2H])([2H])C2([2H])[2H])C3=O)c(F)c([2H])c1CN1CCOCC1. The Kier molecular flexibility index (Phi) is 4.16. The van der Waals surface area contributed by atoms with Crippen LogP contribution in [0.25, 0.3) is 0 Å². The summed E-state index contributed by atoms with van der Waals surface area (Å²) in [4.78, 5) is 40.6. The largest absolute Gasteiger partial charge is 0.381 e. The molecule has 8 nitrogen and oxygen atoms in total. The number of carbonyl (C=O) groups excluding carboxylic acids is 3. The third kappa shape index (κ3) is 4.53. The Balaban J connectivity index is 1.42. The summed E-state index contributed by atoms with van der Waals surface area (Å²) in [6.45, 7) is 1.31. The number of amides is 3. The molecule has 178 valence electrons. The fraction of sp³-hybridized carbons (Fsp3) is 0.400. The summed E-state index contributed by atoms with van der Waals surface area (Å²) in [6.07, 6.45) is -6.73. The average molecular weight is 475 g/mol. The summed E-state index contributed by atoms with van der Waals surface area (Å²) >= 11 is 0. The molecule has 2 aromatic carbocycles. The second kappa shape index (κ2) is 9.52. The number of halogens is 1. The van der Waals surface area contributed by atoms with E-state index in [9.17, 15) is 14.4 Å². The molecule has 0 bridgehead atoms. The summed E-state index contributed by atoms with van der Waals surface area (Å²) in [5.74, 6) is -4.97. The number of rotatable bonds is 6. The lowest BCUT2D eigenvalue weighted by Crippen LogP contribution is -2.52. The fourth-order valence-corrected chi connectivity index (χ4v) is 4.05. The molecular weight excluding hydrogens is 439 g/mol. The number of carbonyl (C=O) groups is 3. The lowest BCUT2D eigenvalue weighted by molar-refractivity contribution is -0.136. The van der Waals surface area contributed by atoms with Crippen LogP contribution in [0.3, 0.4) is 0 Å². The van der Waals surface area contributed by atoms with Crippen molar-refractivity contribution in [1.29, 1.82) is 0 Å². The number of imide groups is 1. The molecule has 2 fully saturated rings. The molecule has 1 atom stereocenters. The second-order valence-corrected chi connectivity index (χ2v) is 7.99. The maximum absolute atomic E-state index is 15.4. The minimum absolute atomic E-state index is 0.0255. The second-order valence-electron chi connectivity index (χ2n) is 7.99. The van der Waals surface area contributed by atoms with Crippen LogP contribution in [0, 0.1) is 5.82 Å². The van der Waals surface area contributed by atoms with Gasteiger partial charge in [0.15, 0.2) is 0 Å².